The molecule has 0 aliphatic heterocycles. The Morgan fingerprint density at radius 1 is 1.21 bits per heavy atom. The molecule has 0 heterocycles. The van der Waals surface area contributed by atoms with Gasteiger partial charge in [0.05, 0.1) is 17.7 Å². The molecule has 0 spiro atoms. The third kappa shape index (κ3) is 3.32. The average Bonchev–Trinajstić information content (AvgIpc) is 2.36. The third-order valence-electron chi connectivity index (χ3n) is 3.03. The number of benzene rings is 1. The third-order valence-corrected chi connectivity index (χ3v) is 3.03. The van der Waals surface area contributed by atoms with E-state index in [0.717, 1.165) is 0 Å². The molecular formula is C14H19NO4. The van der Waals surface area contributed by atoms with Crippen molar-refractivity contribution in [2.45, 2.75) is 13.8 Å². The van der Waals surface area contributed by atoms with Crippen LogP contribution in [0.15, 0.2) is 12.1 Å². The first-order valence-corrected chi connectivity index (χ1v) is 5.98. The van der Waals surface area contributed by atoms with E-state index < -0.39 is 5.97 Å². The van der Waals surface area contributed by atoms with Crippen molar-refractivity contribution in [2.24, 2.45) is 0 Å². The minimum Gasteiger partial charge on any atom is -0.478 e. The molecule has 0 saturated carbocycles. The van der Waals surface area contributed by atoms with Gasteiger partial charge in [-0.05, 0) is 25.0 Å². The highest BCUT2D eigenvalue weighted by atomic mass is 16.5. The highest BCUT2D eigenvalue weighted by molar-refractivity contribution is 6.06. The molecule has 0 unspecified atom stereocenters. The molecule has 0 atom stereocenters. The van der Waals surface area contributed by atoms with Crippen LogP contribution in [-0.4, -0.2) is 49.2 Å². The summed E-state index contributed by atoms with van der Waals surface area (Å²) in [5.41, 5.74) is 1.58. The number of methoxy groups -OCH3 is 1. The van der Waals surface area contributed by atoms with E-state index in [-0.39, 0.29) is 17.0 Å². The normalized spacial score (nSPS) is 10.3. The van der Waals surface area contributed by atoms with E-state index in [2.05, 4.69) is 0 Å². The Kier molecular flexibility index (Phi) is 5.06. The first-order valence-electron chi connectivity index (χ1n) is 5.98. The number of carbonyl (C=O) groups excluding carboxylic acids is 1. The fourth-order valence-electron chi connectivity index (χ4n) is 1.88. The van der Waals surface area contributed by atoms with Gasteiger partial charge in [0.25, 0.3) is 5.91 Å². The summed E-state index contributed by atoms with van der Waals surface area (Å²) in [5, 5.41) is 9.28. The minimum absolute atomic E-state index is 0.0780. The van der Waals surface area contributed by atoms with E-state index >= 15 is 0 Å². The Bertz CT molecular complexity index is 496. The molecule has 1 N–H and O–H groups in total. The van der Waals surface area contributed by atoms with E-state index in [9.17, 15) is 14.7 Å². The zero-order valence-electron chi connectivity index (χ0n) is 11.7. The van der Waals surface area contributed by atoms with Crippen LogP contribution < -0.4 is 0 Å². The van der Waals surface area contributed by atoms with Gasteiger partial charge < -0.3 is 14.7 Å². The van der Waals surface area contributed by atoms with E-state index in [0.29, 0.717) is 24.3 Å². The zero-order valence-corrected chi connectivity index (χ0v) is 11.7. The van der Waals surface area contributed by atoms with Crippen molar-refractivity contribution in [2.75, 3.05) is 27.3 Å². The van der Waals surface area contributed by atoms with Gasteiger partial charge in [-0.3, -0.25) is 4.79 Å². The fraction of sp³-hybridized carbons (Fsp3) is 0.429. The Labute approximate surface area is 112 Å². The van der Waals surface area contributed by atoms with Crippen LogP contribution in [-0.2, 0) is 4.74 Å². The summed E-state index contributed by atoms with van der Waals surface area (Å²) in [7, 11) is 3.19. The highest BCUT2D eigenvalue weighted by Crippen LogP contribution is 2.20. The predicted octanol–water partition coefficient (Wildman–Crippen LogP) is 1.72. The molecule has 0 radical (unpaired) electrons. The summed E-state index contributed by atoms with van der Waals surface area (Å²) in [6, 6.07) is 3.48. The Morgan fingerprint density at radius 2 is 1.74 bits per heavy atom. The van der Waals surface area contributed by atoms with Gasteiger partial charge in [-0.15, -0.1) is 0 Å². The summed E-state index contributed by atoms with van der Waals surface area (Å²) in [6.45, 7) is 4.26. The first-order chi connectivity index (χ1) is 8.90. The maximum absolute atomic E-state index is 12.4. The second-order valence-electron chi connectivity index (χ2n) is 4.47. The lowest BCUT2D eigenvalue weighted by Crippen LogP contribution is -2.32. The lowest BCUT2D eigenvalue weighted by atomic mass is 9.96. The maximum Gasteiger partial charge on any atom is 0.336 e. The Hall–Kier alpha value is -1.88. The van der Waals surface area contributed by atoms with Crippen molar-refractivity contribution < 1.29 is 19.4 Å². The van der Waals surface area contributed by atoms with E-state index in [4.69, 9.17) is 4.74 Å². The molecule has 0 aromatic heterocycles. The smallest absolute Gasteiger partial charge is 0.336 e. The molecular weight excluding hydrogens is 246 g/mol. The molecule has 0 saturated heterocycles. The Balaban J connectivity index is 3.22. The van der Waals surface area contributed by atoms with Crippen molar-refractivity contribution in [1.29, 1.82) is 0 Å². The van der Waals surface area contributed by atoms with E-state index in [1.807, 2.05) is 0 Å². The number of carboxylic acid groups (broad SMARTS) is 1. The molecule has 1 aromatic rings. The van der Waals surface area contributed by atoms with Gasteiger partial charge in [0.2, 0.25) is 0 Å². The van der Waals surface area contributed by atoms with Gasteiger partial charge in [0, 0.05) is 20.7 Å². The van der Waals surface area contributed by atoms with Crippen LogP contribution in [0.1, 0.15) is 31.8 Å². The Morgan fingerprint density at radius 3 is 2.21 bits per heavy atom. The van der Waals surface area contributed by atoms with Gasteiger partial charge in [0.15, 0.2) is 0 Å². The number of rotatable bonds is 5. The van der Waals surface area contributed by atoms with Crippen molar-refractivity contribution in [3.05, 3.63) is 34.4 Å². The van der Waals surface area contributed by atoms with Crippen LogP contribution in [0.3, 0.4) is 0 Å². The number of likely N-dealkylation sites (N-methyl/N-ethyl adjacent to an activating group) is 1. The maximum atomic E-state index is 12.4. The average molecular weight is 265 g/mol. The SMILES string of the molecule is COCCN(C)C(=O)c1c(C)ccc(C)c1C(=O)O. The number of nitrogens with zero attached hydrogens (tertiary/aromatic N) is 1. The summed E-state index contributed by atoms with van der Waals surface area (Å²) in [5.74, 6) is -1.37. The van der Waals surface area contributed by atoms with Crippen molar-refractivity contribution in [3.63, 3.8) is 0 Å². The lowest BCUT2D eigenvalue weighted by molar-refractivity contribution is 0.0672. The molecule has 5 heteroatoms. The summed E-state index contributed by atoms with van der Waals surface area (Å²) >= 11 is 0. The molecule has 104 valence electrons. The van der Waals surface area contributed by atoms with Crippen molar-refractivity contribution in [1.82, 2.24) is 4.90 Å². The quantitative estimate of drug-likeness (QED) is 0.880. The van der Waals surface area contributed by atoms with Crippen LogP contribution >= 0.6 is 0 Å². The van der Waals surface area contributed by atoms with E-state index in [1.54, 1.807) is 40.1 Å². The van der Waals surface area contributed by atoms with Gasteiger partial charge >= 0.3 is 5.97 Å². The van der Waals surface area contributed by atoms with Gasteiger partial charge in [-0.1, -0.05) is 12.1 Å². The first kappa shape index (κ1) is 15.2. The lowest BCUT2D eigenvalue weighted by Gasteiger charge is -2.20. The number of aromatic carboxylic acids is 1. The van der Waals surface area contributed by atoms with Crippen LogP contribution in [0.5, 0.6) is 0 Å². The number of amides is 1. The molecule has 1 aromatic carbocycles. The van der Waals surface area contributed by atoms with Crippen molar-refractivity contribution >= 4 is 11.9 Å². The second-order valence-corrected chi connectivity index (χ2v) is 4.47. The number of aryl methyl sites for hydroxylation is 2. The summed E-state index contributed by atoms with van der Waals surface area (Å²) in [6.07, 6.45) is 0. The van der Waals surface area contributed by atoms with Gasteiger partial charge in [-0.2, -0.15) is 0 Å². The summed E-state index contributed by atoms with van der Waals surface area (Å²) < 4.78 is 4.92. The minimum atomic E-state index is -1.08. The van der Waals surface area contributed by atoms with E-state index in [1.165, 1.54) is 4.90 Å². The predicted molar refractivity (Wildman–Crippen MR) is 71.7 cm³/mol. The molecule has 0 fully saturated rings. The standard InChI is InChI=1S/C14H19NO4/c1-9-5-6-10(2)12(14(17)18)11(9)13(16)15(3)7-8-19-4/h5-6H,7-8H2,1-4H3,(H,17,18). The second kappa shape index (κ2) is 6.33. The zero-order chi connectivity index (χ0) is 14.6. The molecule has 0 aliphatic carbocycles. The summed E-state index contributed by atoms with van der Waals surface area (Å²) in [4.78, 5) is 25.2. The number of carbonyl (C=O) groups is 2. The molecule has 1 amide bonds. The molecule has 0 aliphatic rings. The number of hydrogen-bond donors (Lipinski definition) is 1. The van der Waals surface area contributed by atoms with Crippen LogP contribution in [0.4, 0.5) is 0 Å². The molecule has 1 rings (SSSR count). The van der Waals surface area contributed by atoms with Crippen LogP contribution in [0.2, 0.25) is 0 Å². The number of hydrogen-bond acceptors (Lipinski definition) is 3. The van der Waals surface area contributed by atoms with Crippen LogP contribution in [0, 0.1) is 13.8 Å². The van der Waals surface area contributed by atoms with Gasteiger partial charge in [0.1, 0.15) is 0 Å². The number of carboxylic acids is 1. The number of ether oxygens (including phenoxy) is 1. The molecule has 0 bridgehead atoms. The van der Waals surface area contributed by atoms with Gasteiger partial charge in [-0.25, -0.2) is 4.79 Å². The highest BCUT2D eigenvalue weighted by Gasteiger charge is 2.23. The van der Waals surface area contributed by atoms with Crippen molar-refractivity contribution in [3.8, 4) is 0 Å². The molecule has 19 heavy (non-hydrogen) atoms. The molecule has 5 nitrogen and oxygen atoms in total. The topological polar surface area (TPSA) is 66.8 Å². The monoisotopic (exact) mass is 265 g/mol. The largest absolute Gasteiger partial charge is 0.478 e. The fourth-order valence-corrected chi connectivity index (χ4v) is 1.88. The van der Waals surface area contributed by atoms with Crippen LogP contribution in [0.25, 0.3) is 0 Å².